The smallest absolute Gasteiger partial charge is 0.322 e. The Morgan fingerprint density at radius 3 is 3.12 bits per heavy atom. The number of H-pyrrole nitrogens is 1. The van der Waals surface area contributed by atoms with Gasteiger partial charge in [0.25, 0.3) is 0 Å². The fourth-order valence-corrected chi connectivity index (χ4v) is 3.04. The third-order valence-corrected chi connectivity index (χ3v) is 4.25. The van der Waals surface area contributed by atoms with Gasteiger partial charge in [-0.15, -0.1) is 0 Å². The van der Waals surface area contributed by atoms with Crippen LogP contribution in [0.5, 0.6) is 5.75 Å². The Morgan fingerprint density at radius 2 is 2.36 bits per heavy atom. The largest absolute Gasteiger partial charge is 0.491 e. The second kappa shape index (κ2) is 8.00. The molecular formula is C18H23FN4O2. The van der Waals surface area contributed by atoms with E-state index in [-0.39, 0.29) is 12.1 Å². The van der Waals surface area contributed by atoms with Crippen LogP contribution in [0.4, 0.5) is 14.9 Å². The Morgan fingerprint density at radius 1 is 1.48 bits per heavy atom. The summed E-state index contributed by atoms with van der Waals surface area (Å²) in [5, 5.41) is 2.86. The molecule has 1 aromatic heterocycles. The van der Waals surface area contributed by atoms with Crippen molar-refractivity contribution >= 4 is 11.7 Å². The van der Waals surface area contributed by atoms with Gasteiger partial charge in [-0.2, -0.15) is 0 Å². The molecule has 2 aromatic rings. The number of hydrogen-bond donors (Lipinski definition) is 2. The normalized spacial score (nSPS) is 17.4. The lowest BCUT2D eigenvalue weighted by molar-refractivity contribution is 0.159. The molecule has 134 valence electrons. The monoisotopic (exact) mass is 346 g/mol. The van der Waals surface area contributed by atoms with E-state index in [4.69, 9.17) is 4.74 Å². The van der Waals surface area contributed by atoms with Crippen LogP contribution in [0, 0.1) is 5.82 Å². The van der Waals surface area contributed by atoms with Crippen molar-refractivity contribution in [3.05, 3.63) is 42.2 Å². The topological polar surface area (TPSA) is 70.2 Å². The number of piperidine rings is 1. The van der Waals surface area contributed by atoms with Crippen molar-refractivity contribution in [3.8, 4) is 5.75 Å². The molecule has 0 bridgehead atoms. The number of ether oxygens (including phenoxy) is 1. The number of nitrogens with zero attached hydrogens (tertiary/aromatic N) is 2. The van der Waals surface area contributed by atoms with Crippen molar-refractivity contribution in [2.45, 2.75) is 38.6 Å². The molecule has 7 heteroatoms. The van der Waals surface area contributed by atoms with E-state index in [1.54, 1.807) is 17.3 Å². The number of urea groups is 1. The number of rotatable bonds is 5. The number of carbonyl (C=O) groups excluding carboxylic acids is 1. The van der Waals surface area contributed by atoms with Gasteiger partial charge >= 0.3 is 6.03 Å². The molecule has 25 heavy (non-hydrogen) atoms. The highest BCUT2D eigenvalue weighted by molar-refractivity contribution is 5.91. The summed E-state index contributed by atoms with van der Waals surface area (Å²) in [6.07, 6.45) is 7.12. The number of aromatic nitrogens is 2. The second-order valence-corrected chi connectivity index (χ2v) is 6.10. The molecule has 2 heterocycles. The van der Waals surface area contributed by atoms with E-state index in [9.17, 15) is 9.18 Å². The maximum atomic E-state index is 13.5. The van der Waals surface area contributed by atoms with Gasteiger partial charge < -0.3 is 19.9 Å². The molecule has 1 fully saturated rings. The molecule has 2 N–H and O–H groups in total. The zero-order valence-corrected chi connectivity index (χ0v) is 14.3. The lowest BCUT2D eigenvalue weighted by Crippen LogP contribution is -2.41. The number of amides is 2. The van der Waals surface area contributed by atoms with Gasteiger partial charge in [0.05, 0.1) is 18.3 Å². The van der Waals surface area contributed by atoms with Crippen LogP contribution in [0.2, 0.25) is 0 Å². The highest BCUT2D eigenvalue weighted by atomic mass is 19.1. The van der Waals surface area contributed by atoms with Gasteiger partial charge in [0.2, 0.25) is 0 Å². The van der Waals surface area contributed by atoms with Crippen molar-refractivity contribution in [1.82, 2.24) is 14.9 Å². The average Bonchev–Trinajstić information content (AvgIpc) is 3.16. The highest BCUT2D eigenvalue weighted by Gasteiger charge is 2.30. The minimum Gasteiger partial charge on any atom is -0.491 e. The van der Waals surface area contributed by atoms with E-state index in [2.05, 4.69) is 15.3 Å². The van der Waals surface area contributed by atoms with Crippen LogP contribution in [0.3, 0.4) is 0 Å². The van der Waals surface area contributed by atoms with Gasteiger partial charge in [0.15, 0.2) is 0 Å². The molecule has 1 aliphatic rings. The number of nitrogens with one attached hydrogen (secondary N) is 2. The fourth-order valence-electron chi connectivity index (χ4n) is 3.04. The van der Waals surface area contributed by atoms with Crippen LogP contribution in [0.15, 0.2) is 30.6 Å². The van der Waals surface area contributed by atoms with Gasteiger partial charge in [0.1, 0.15) is 17.4 Å². The molecule has 0 radical (unpaired) electrons. The molecule has 6 nitrogen and oxygen atoms in total. The molecule has 1 aromatic carbocycles. The van der Waals surface area contributed by atoms with Crippen LogP contribution in [-0.4, -0.2) is 34.1 Å². The Hall–Kier alpha value is -2.57. The van der Waals surface area contributed by atoms with Gasteiger partial charge in [-0.25, -0.2) is 14.2 Å². The minimum atomic E-state index is -0.393. The van der Waals surface area contributed by atoms with E-state index in [1.807, 2.05) is 6.92 Å². The number of imidazole rings is 1. The summed E-state index contributed by atoms with van der Waals surface area (Å²) >= 11 is 0. The number of likely N-dealkylation sites (tertiary alicyclic amines) is 1. The molecule has 1 aliphatic heterocycles. The number of anilines is 1. The van der Waals surface area contributed by atoms with Gasteiger partial charge in [-0.1, -0.05) is 6.92 Å². The standard InChI is InChI=1S/C18H23FN4O2/c1-2-11-25-16-12-13(19)6-7-14(16)22-18(24)23-10-4-3-5-15(23)17-20-8-9-21-17/h6-9,12,15H,2-5,10-11H2,1H3,(H,20,21)(H,22,24). The summed E-state index contributed by atoms with van der Waals surface area (Å²) in [5.41, 5.74) is 0.476. The third kappa shape index (κ3) is 4.10. The summed E-state index contributed by atoms with van der Waals surface area (Å²) < 4.78 is 19.1. The molecule has 0 aliphatic carbocycles. The average molecular weight is 346 g/mol. The third-order valence-electron chi connectivity index (χ3n) is 4.25. The first-order valence-electron chi connectivity index (χ1n) is 8.68. The molecule has 0 saturated carbocycles. The first-order chi connectivity index (χ1) is 12.2. The quantitative estimate of drug-likeness (QED) is 0.856. The second-order valence-electron chi connectivity index (χ2n) is 6.10. The number of benzene rings is 1. The van der Waals surface area contributed by atoms with Crippen molar-refractivity contribution in [1.29, 1.82) is 0 Å². The molecule has 1 atom stereocenters. The van der Waals surface area contributed by atoms with Crippen molar-refractivity contribution in [2.75, 3.05) is 18.5 Å². The summed E-state index contributed by atoms with van der Waals surface area (Å²) in [6.45, 7) is 3.09. The highest BCUT2D eigenvalue weighted by Crippen LogP contribution is 2.31. The molecular weight excluding hydrogens is 323 g/mol. The lowest BCUT2D eigenvalue weighted by atomic mass is 10.0. The van der Waals surface area contributed by atoms with Crippen molar-refractivity contribution in [3.63, 3.8) is 0 Å². The van der Waals surface area contributed by atoms with Crippen molar-refractivity contribution < 1.29 is 13.9 Å². The first kappa shape index (κ1) is 17.3. The van der Waals surface area contributed by atoms with Gasteiger partial charge in [-0.3, -0.25) is 0 Å². The summed E-state index contributed by atoms with van der Waals surface area (Å²) in [5.74, 6) is 0.744. The number of halogens is 1. The summed E-state index contributed by atoms with van der Waals surface area (Å²) in [6, 6.07) is 3.84. The Kier molecular flexibility index (Phi) is 5.53. The van der Waals surface area contributed by atoms with E-state index in [1.165, 1.54) is 18.2 Å². The fraction of sp³-hybridized carbons (Fsp3) is 0.444. The SMILES string of the molecule is CCCOc1cc(F)ccc1NC(=O)N1CCCCC1c1ncc[nH]1. The predicted molar refractivity (Wildman–Crippen MR) is 93.1 cm³/mol. The summed E-state index contributed by atoms with van der Waals surface area (Å²) in [4.78, 5) is 22.0. The van der Waals surface area contributed by atoms with Gasteiger partial charge in [0, 0.05) is 25.0 Å². The van der Waals surface area contributed by atoms with Gasteiger partial charge in [-0.05, 0) is 37.8 Å². The molecule has 0 spiro atoms. The summed E-state index contributed by atoms with van der Waals surface area (Å²) in [7, 11) is 0. The van der Waals surface area contributed by atoms with E-state index < -0.39 is 5.82 Å². The first-order valence-corrected chi connectivity index (χ1v) is 8.68. The number of carbonyl (C=O) groups is 1. The van der Waals surface area contributed by atoms with E-state index in [0.29, 0.717) is 24.6 Å². The Bertz CT molecular complexity index is 705. The maximum Gasteiger partial charge on any atom is 0.322 e. The number of aromatic amines is 1. The maximum absolute atomic E-state index is 13.5. The lowest BCUT2D eigenvalue weighted by Gasteiger charge is -2.34. The molecule has 1 unspecified atom stereocenters. The van der Waals surface area contributed by atoms with E-state index >= 15 is 0 Å². The van der Waals surface area contributed by atoms with Crippen LogP contribution < -0.4 is 10.1 Å². The predicted octanol–water partition coefficient (Wildman–Crippen LogP) is 4.10. The van der Waals surface area contributed by atoms with E-state index in [0.717, 1.165) is 31.5 Å². The Labute approximate surface area is 146 Å². The zero-order valence-electron chi connectivity index (χ0n) is 14.3. The number of hydrogen-bond acceptors (Lipinski definition) is 3. The molecule has 1 saturated heterocycles. The van der Waals surface area contributed by atoms with Crippen LogP contribution in [0.25, 0.3) is 0 Å². The molecule has 3 rings (SSSR count). The zero-order chi connectivity index (χ0) is 17.6. The van der Waals surface area contributed by atoms with Crippen LogP contribution >= 0.6 is 0 Å². The molecule has 2 amide bonds. The Balaban J connectivity index is 1.76. The van der Waals surface area contributed by atoms with Crippen LogP contribution in [-0.2, 0) is 0 Å². The van der Waals surface area contributed by atoms with Crippen LogP contribution in [0.1, 0.15) is 44.5 Å². The minimum absolute atomic E-state index is 0.0794. The van der Waals surface area contributed by atoms with Crippen molar-refractivity contribution in [2.24, 2.45) is 0 Å².